The predicted molar refractivity (Wildman–Crippen MR) is 46.5 cm³/mol. The second-order valence-corrected chi connectivity index (χ2v) is 2.41. The first kappa shape index (κ1) is 12.3. The second kappa shape index (κ2) is 5.09. The van der Waals surface area contributed by atoms with Gasteiger partial charge in [-0.1, -0.05) is 0 Å². The highest BCUT2D eigenvalue weighted by Gasteiger charge is 2.09. The maximum Gasteiger partial charge on any atom is 0.137 e. The van der Waals surface area contributed by atoms with E-state index in [1.165, 1.54) is 0 Å². The summed E-state index contributed by atoms with van der Waals surface area (Å²) in [5.74, 6) is -1.58. The van der Waals surface area contributed by atoms with Crippen molar-refractivity contribution in [1.29, 1.82) is 0 Å². The zero-order valence-corrected chi connectivity index (χ0v) is 7.45. The van der Waals surface area contributed by atoms with Gasteiger partial charge in [0, 0.05) is 12.6 Å². The number of hydrogen-bond acceptors (Lipinski definition) is 1. The molecule has 1 aromatic rings. The minimum atomic E-state index is -1.50. The molecular weight excluding hydrogens is 203 g/mol. The van der Waals surface area contributed by atoms with E-state index < -0.39 is 17.8 Å². The molecule has 74 valence electrons. The summed E-state index contributed by atoms with van der Waals surface area (Å²) < 4.78 is 37.7. The van der Waals surface area contributed by atoms with Gasteiger partial charge in [-0.3, -0.25) is 0 Å². The van der Waals surface area contributed by atoms with Gasteiger partial charge < -0.3 is 5.73 Å². The Morgan fingerprint density at radius 3 is 2.00 bits per heavy atom. The van der Waals surface area contributed by atoms with Crippen molar-refractivity contribution in [3.63, 3.8) is 0 Å². The van der Waals surface area contributed by atoms with Crippen LogP contribution in [-0.4, -0.2) is 6.54 Å². The summed E-state index contributed by atoms with van der Waals surface area (Å²) in [5, 5.41) is 0. The first-order valence-electron chi connectivity index (χ1n) is 3.43. The summed E-state index contributed by atoms with van der Waals surface area (Å²) in [6.45, 7) is -0.275. The molecule has 0 fully saturated rings. The largest absolute Gasteiger partial charge is 0.327 e. The van der Waals surface area contributed by atoms with E-state index >= 15 is 0 Å². The van der Waals surface area contributed by atoms with Gasteiger partial charge in [0.15, 0.2) is 0 Å². The third-order valence-corrected chi connectivity index (χ3v) is 1.45. The van der Waals surface area contributed by atoms with Crippen LogP contribution >= 0.6 is 12.4 Å². The molecule has 1 nitrogen and oxygen atoms in total. The minimum absolute atomic E-state index is 0. The molecule has 0 heterocycles. The molecule has 0 aliphatic heterocycles. The lowest BCUT2D eigenvalue weighted by Crippen LogP contribution is -2.08. The quantitative estimate of drug-likeness (QED) is 0.799. The Morgan fingerprint density at radius 2 is 1.62 bits per heavy atom. The van der Waals surface area contributed by atoms with E-state index in [0.29, 0.717) is 6.07 Å². The Hall–Kier alpha value is -0.740. The third-order valence-electron chi connectivity index (χ3n) is 1.45. The lowest BCUT2D eigenvalue weighted by molar-refractivity contribution is 0.350. The topological polar surface area (TPSA) is 26.0 Å². The van der Waals surface area contributed by atoms with Crippen LogP contribution in [0.3, 0.4) is 0 Å². The number of hydrogen-bond donors (Lipinski definition) is 1. The van der Waals surface area contributed by atoms with Crippen molar-refractivity contribution in [2.24, 2.45) is 5.73 Å². The summed E-state index contributed by atoms with van der Waals surface area (Å²) in [7, 11) is 0. The van der Waals surface area contributed by atoms with Crippen molar-refractivity contribution in [2.45, 2.75) is 6.17 Å². The minimum Gasteiger partial charge on any atom is -0.327 e. The zero-order valence-electron chi connectivity index (χ0n) is 6.64. The number of alkyl halides is 1. The van der Waals surface area contributed by atoms with Gasteiger partial charge in [-0.25, -0.2) is 13.2 Å². The highest BCUT2D eigenvalue weighted by Crippen LogP contribution is 2.18. The maximum absolute atomic E-state index is 12.8. The number of rotatable bonds is 2. The van der Waals surface area contributed by atoms with Gasteiger partial charge in [0.2, 0.25) is 0 Å². The molecule has 0 aromatic heterocycles. The highest BCUT2D eigenvalue weighted by molar-refractivity contribution is 5.85. The van der Waals surface area contributed by atoms with Gasteiger partial charge in [0.1, 0.15) is 17.8 Å². The molecular formula is C8H9ClF3N. The van der Waals surface area contributed by atoms with Crippen molar-refractivity contribution in [3.05, 3.63) is 35.4 Å². The molecule has 1 aromatic carbocycles. The predicted octanol–water partition coefficient (Wildman–Crippen LogP) is 2.36. The molecule has 1 unspecified atom stereocenters. The average molecular weight is 212 g/mol. The Labute approximate surface area is 80.2 Å². The SMILES string of the molecule is Cl.NCC(F)c1cc(F)cc(F)c1. The van der Waals surface area contributed by atoms with Crippen molar-refractivity contribution in [1.82, 2.24) is 0 Å². The lowest BCUT2D eigenvalue weighted by atomic mass is 10.1. The zero-order chi connectivity index (χ0) is 9.14. The normalized spacial score (nSPS) is 12.0. The number of benzene rings is 1. The molecule has 1 rings (SSSR count). The van der Waals surface area contributed by atoms with E-state index in [2.05, 4.69) is 0 Å². The van der Waals surface area contributed by atoms with E-state index in [4.69, 9.17) is 5.73 Å². The van der Waals surface area contributed by atoms with Gasteiger partial charge in [-0.2, -0.15) is 0 Å². The Morgan fingerprint density at radius 1 is 1.15 bits per heavy atom. The van der Waals surface area contributed by atoms with Crippen molar-refractivity contribution >= 4 is 12.4 Å². The smallest absolute Gasteiger partial charge is 0.137 e. The fourth-order valence-corrected chi connectivity index (χ4v) is 0.892. The maximum atomic E-state index is 12.8. The summed E-state index contributed by atoms with van der Waals surface area (Å²) >= 11 is 0. The monoisotopic (exact) mass is 211 g/mol. The van der Waals surface area contributed by atoms with E-state index in [-0.39, 0.29) is 24.5 Å². The van der Waals surface area contributed by atoms with Gasteiger partial charge in [-0.15, -0.1) is 12.4 Å². The van der Waals surface area contributed by atoms with Gasteiger partial charge in [0.25, 0.3) is 0 Å². The summed E-state index contributed by atoms with van der Waals surface area (Å²) in [6.07, 6.45) is -1.50. The first-order chi connectivity index (χ1) is 5.63. The van der Waals surface area contributed by atoms with Gasteiger partial charge >= 0.3 is 0 Å². The number of halogens is 4. The van der Waals surface area contributed by atoms with Crippen LogP contribution in [-0.2, 0) is 0 Å². The van der Waals surface area contributed by atoms with Gasteiger partial charge in [0.05, 0.1) is 0 Å². The molecule has 0 saturated heterocycles. The standard InChI is InChI=1S/C8H8F3N.ClH/c9-6-1-5(8(11)4-12)2-7(10)3-6;/h1-3,8H,4,12H2;1H. The van der Waals surface area contributed by atoms with Crippen molar-refractivity contribution in [2.75, 3.05) is 6.54 Å². The molecule has 5 heteroatoms. The molecule has 0 saturated carbocycles. The van der Waals surface area contributed by atoms with E-state index in [9.17, 15) is 13.2 Å². The van der Waals surface area contributed by atoms with Crippen molar-refractivity contribution < 1.29 is 13.2 Å². The first-order valence-corrected chi connectivity index (χ1v) is 3.43. The van der Waals surface area contributed by atoms with Gasteiger partial charge in [-0.05, 0) is 17.7 Å². The number of nitrogens with two attached hydrogens (primary N) is 1. The molecule has 13 heavy (non-hydrogen) atoms. The molecule has 0 amide bonds. The van der Waals surface area contributed by atoms with E-state index in [1.54, 1.807) is 0 Å². The van der Waals surface area contributed by atoms with E-state index in [1.807, 2.05) is 0 Å². The fraction of sp³-hybridized carbons (Fsp3) is 0.250. The molecule has 2 N–H and O–H groups in total. The van der Waals surface area contributed by atoms with Crippen LogP contribution in [0.1, 0.15) is 11.7 Å². The van der Waals surface area contributed by atoms with Crippen LogP contribution < -0.4 is 5.73 Å². The molecule has 0 spiro atoms. The van der Waals surface area contributed by atoms with Crippen LogP contribution in [0.5, 0.6) is 0 Å². The molecule has 0 aliphatic rings. The highest BCUT2D eigenvalue weighted by atomic mass is 35.5. The Kier molecular flexibility index (Phi) is 4.80. The van der Waals surface area contributed by atoms with Crippen LogP contribution in [0.25, 0.3) is 0 Å². The summed E-state index contributed by atoms with van der Waals surface area (Å²) in [5.41, 5.74) is 4.92. The van der Waals surface area contributed by atoms with Crippen molar-refractivity contribution in [3.8, 4) is 0 Å². The fourth-order valence-electron chi connectivity index (χ4n) is 0.892. The summed E-state index contributed by atoms with van der Waals surface area (Å²) in [4.78, 5) is 0. The molecule has 0 aliphatic carbocycles. The van der Waals surface area contributed by atoms with Crippen LogP contribution in [0.2, 0.25) is 0 Å². The molecule has 0 bridgehead atoms. The summed E-state index contributed by atoms with van der Waals surface area (Å²) in [6, 6.07) is 2.55. The third kappa shape index (κ3) is 3.24. The van der Waals surface area contributed by atoms with Crippen LogP contribution in [0, 0.1) is 11.6 Å². The molecule has 1 atom stereocenters. The van der Waals surface area contributed by atoms with E-state index in [0.717, 1.165) is 12.1 Å². The second-order valence-electron chi connectivity index (χ2n) is 2.41. The lowest BCUT2D eigenvalue weighted by Gasteiger charge is -2.04. The Balaban J connectivity index is 0.00000144. The average Bonchev–Trinajstić information content (AvgIpc) is 2.01. The van der Waals surface area contributed by atoms with Crippen LogP contribution in [0.15, 0.2) is 18.2 Å². The van der Waals surface area contributed by atoms with Crippen LogP contribution in [0.4, 0.5) is 13.2 Å². The molecule has 0 radical (unpaired) electrons. The Bertz CT molecular complexity index is 260.